The van der Waals surface area contributed by atoms with Gasteiger partial charge in [0, 0.05) is 0 Å². The molecular weight excluding hydrogens is 316 g/mol. The van der Waals surface area contributed by atoms with E-state index in [0.717, 1.165) is 36.7 Å². The van der Waals surface area contributed by atoms with Crippen molar-refractivity contribution >= 4 is 0 Å². The quantitative estimate of drug-likeness (QED) is 0.502. The van der Waals surface area contributed by atoms with Crippen molar-refractivity contribution in [1.82, 2.24) is 0 Å². The standard InChI is InChI=1S/C25H40O/c1-4-5-6-7-12-22-16-17-23-21(11-9-18-25(22,23)3)15-14-20-10-8-13-24(26)19(20)2/h14-15,22-24,26H,2,4-13,16-18H2,1,3H3/b20-14-,21-15+/t22?,23?,24-,25+/m0/s1. The van der Waals surface area contributed by atoms with Crippen molar-refractivity contribution in [1.29, 1.82) is 0 Å². The minimum atomic E-state index is -0.316. The third-order valence-electron chi connectivity index (χ3n) is 7.80. The lowest BCUT2D eigenvalue weighted by Crippen LogP contribution is -2.33. The Balaban J connectivity index is 1.68. The Morgan fingerprint density at radius 1 is 1.08 bits per heavy atom. The van der Waals surface area contributed by atoms with Crippen molar-refractivity contribution in [2.24, 2.45) is 17.3 Å². The molecule has 0 bridgehead atoms. The number of fused-ring (bicyclic) bond motifs is 1. The first-order valence-corrected chi connectivity index (χ1v) is 11.3. The number of hydrogen-bond acceptors (Lipinski definition) is 1. The monoisotopic (exact) mass is 356 g/mol. The fourth-order valence-electron chi connectivity index (χ4n) is 6.07. The molecule has 0 aromatic carbocycles. The van der Waals surface area contributed by atoms with Gasteiger partial charge in [0.2, 0.25) is 0 Å². The van der Waals surface area contributed by atoms with Gasteiger partial charge in [0.15, 0.2) is 0 Å². The van der Waals surface area contributed by atoms with E-state index in [-0.39, 0.29) is 6.10 Å². The van der Waals surface area contributed by atoms with E-state index < -0.39 is 0 Å². The Labute approximate surface area is 161 Å². The van der Waals surface area contributed by atoms with Crippen LogP contribution in [0.3, 0.4) is 0 Å². The summed E-state index contributed by atoms with van der Waals surface area (Å²) in [6.07, 6.45) is 21.4. The summed E-state index contributed by atoms with van der Waals surface area (Å²) in [5.74, 6) is 1.73. The molecule has 0 saturated heterocycles. The molecule has 0 aliphatic heterocycles. The minimum absolute atomic E-state index is 0.316. The van der Waals surface area contributed by atoms with E-state index in [2.05, 4.69) is 32.6 Å². The summed E-state index contributed by atoms with van der Waals surface area (Å²) < 4.78 is 0. The van der Waals surface area contributed by atoms with Gasteiger partial charge in [-0.05, 0) is 86.2 Å². The van der Waals surface area contributed by atoms with Crippen LogP contribution in [-0.2, 0) is 0 Å². The fraction of sp³-hybridized carbons (Fsp3) is 0.760. The normalized spacial score (nSPS) is 38.1. The summed E-state index contributed by atoms with van der Waals surface area (Å²) in [5.41, 5.74) is 4.48. The molecule has 0 aromatic rings. The van der Waals surface area contributed by atoms with Gasteiger partial charge in [-0.2, -0.15) is 0 Å². The van der Waals surface area contributed by atoms with Gasteiger partial charge in [-0.15, -0.1) is 0 Å². The van der Waals surface area contributed by atoms with Crippen LogP contribution in [-0.4, -0.2) is 11.2 Å². The van der Waals surface area contributed by atoms with E-state index in [1.807, 2.05) is 0 Å². The van der Waals surface area contributed by atoms with Gasteiger partial charge in [0.25, 0.3) is 0 Å². The van der Waals surface area contributed by atoms with Crippen LogP contribution in [0.2, 0.25) is 0 Å². The lowest BCUT2D eigenvalue weighted by atomic mass is 9.62. The molecule has 0 radical (unpaired) electrons. The topological polar surface area (TPSA) is 20.2 Å². The van der Waals surface area contributed by atoms with E-state index >= 15 is 0 Å². The maximum absolute atomic E-state index is 10.1. The molecule has 3 fully saturated rings. The van der Waals surface area contributed by atoms with Crippen molar-refractivity contribution in [2.75, 3.05) is 0 Å². The molecule has 26 heavy (non-hydrogen) atoms. The molecule has 3 saturated carbocycles. The molecule has 0 heterocycles. The Morgan fingerprint density at radius 2 is 1.92 bits per heavy atom. The molecule has 0 spiro atoms. The van der Waals surface area contributed by atoms with Gasteiger partial charge in [-0.1, -0.05) is 63.8 Å². The van der Waals surface area contributed by atoms with Crippen LogP contribution >= 0.6 is 0 Å². The largest absolute Gasteiger partial charge is 0.388 e. The third kappa shape index (κ3) is 4.19. The summed E-state index contributed by atoms with van der Waals surface area (Å²) in [4.78, 5) is 0. The maximum atomic E-state index is 10.1. The zero-order valence-corrected chi connectivity index (χ0v) is 17.2. The summed E-state index contributed by atoms with van der Waals surface area (Å²) >= 11 is 0. The summed E-state index contributed by atoms with van der Waals surface area (Å²) in [7, 11) is 0. The molecule has 3 aliphatic rings. The van der Waals surface area contributed by atoms with Gasteiger partial charge < -0.3 is 5.11 Å². The lowest BCUT2D eigenvalue weighted by Gasteiger charge is -2.42. The Kier molecular flexibility index (Phi) is 6.83. The fourth-order valence-corrected chi connectivity index (χ4v) is 6.07. The zero-order valence-electron chi connectivity index (χ0n) is 17.2. The number of allylic oxidation sites excluding steroid dienone is 3. The molecule has 4 atom stereocenters. The predicted octanol–water partition coefficient (Wildman–Crippen LogP) is 7.13. The Hall–Kier alpha value is -0.820. The zero-order chi connectivity index (χ0) is 18.6. The van der Waals surface area contributed by atoms with Gasteiger partial charge >= 0.3 is 0 Å². The third-order valence-corrected chi connectivity index (χ3v) is 7.80. The molecule has 1 nitrogen and oxygen atoms in total. The average Bonchev–Trinajstić information content (AvgIpc) is 2.97. The van der Waals surface area contributed by atoms with Crippen LogP contribution in [0.4, 0.5) is 0 Å². The first-order chi connectivity index (χ1) is 12.6. The first-order valence-electron chi connectivity index (χ1n) is 11.3. The van der Waals surface area contributed by atoms with Crippen LogP contribution in [0.15, 0.2) is 35.5 Å². The molecule has 3 aliphatic carbocycles. The van der Waals surface area contributed by atoms with E-state index in [4.69, 9.17) is 0 Å². The minimum Gasteiger partial charge on any atom is -0.388 e. The number of aliphatic hydroxyl groups is 1. The highest BCUT2D eigenvalue weighted by Gasteiger charge is 2.48. The molecular formula is C25H40O. The highest BCUT2D eigenvalue weighted by atomic mass is 16.3. The molecule has 0 amide bonds. The summed E-state index contributed by atoms with van der Waals surface area (Å²) in [6, 6.07) is 0. The van der Waals surface area contributed by atoms with Crippen LogP contribution in [0.25, 0.3) is 0 Å². The van der Waals surface area contributed by atoms with Crippen molar-refractivity contribution in [3.8, 4) is 0 Å². The summed E-state index contributed by atoms with van der Waals surface area (Å²) in [5, 5.41) is 10.1. The van der Waals surface area contributed by atoms with Crippen molar-refractivity contribution in [2.45, 2.75) is 103 Å². The second-order valence-corrected chi connectivity index (χ2v) is 9.40. The van der Waals surface area contributed by atoms with E-state index in [1.54, 1.807) is 5.57 Å². The van der Waals surface area contributed by atoms with Crippen molar-refractivity contribution in [3.63, 3.8) is 0 Å². The molecule has 1 N–H and O–H groups in total. The van der Waals surface area contributed by atoms with Gasteiger partial charge in [-0.3, -0.25) is 0 Å². The molecule has 2 unspecified atom stereocenters. The highest BCUT2D eigenvalue weighted by Crippen LogP contribution is 2.58. The van der Waals surface area contributed by atoms with Crippen LogP contribution in [0.1, 0.15) is 97.3 Å². The van der Waals surface area contributed by atoms with Gasteiger partial charge in [-0.25, -0.2) is 0 Å². The van der Waals surface area contributed by atoms with Gasteiger partial charge in [0.05, 0.1) is 6.10 Å². The molecule has 146 valence electrons. The average molecular weight is 357 g/mol. The highest BCUT2D eigenvalue weighted by molar-refractivity contribution is 5.37. The van der Waals surface area contributed by atoms with Crippen LogP contribution in [0.5, 0.6) is 0 Å². The second kappa shape index (κ2) is 8.91. The second-order valence-electron chi connectivity index (χ2n) is 9.40. The van der Waals surface area contributed by atoms with Crippen LogP contribution in [0, 0.1) is 17.3 Å². The van der Waals surface area contributed by atoms with Gasteiger partial charge in [0.1, 0.15) is 0 Å². The van der Waals surface area contributed by atoms with E-state index in [0.29, 0.717) is 5.41 Å². The smallest absolute Gasteiger partial charge is 0.0787 e. The Morgan fingerprint density at radius 3 is 2.73 bits per heavy atom. The SMILES string of the molecule is C=C1/C(=C\C=C2/CCC[C@]3(C)C(CCCCCC)CCC23)CCC[C@@H]1O. The van der Waals surface area contributed by atoms with E-state index in [9.17, 15) is 5.11 Å². The molecule has 3 rings (SSSR count). The molecule has 1 heteroatoms. The predicted molar refractivity (Wildman–Crippen MR) is 112 cm³/mol. The maximum Gasteiger partial charge on any atom is 0.0787 e. The van der Waals surface area contributed by atoms with Crippen LogP contribution < -0.4 is 0 Å². The molecule has 0 aromatic heterocycles. The van der Waals surface area contributed by atoms with Crippen molar-refractivity contribution in [3.05, 3.63) is 35.5 Å². The Bertz CT molecular complexity index is 555. The van der Waals surface area contributed by atoms with E-state index in [1.165, 1.54) is 69.8 Å². The first kappa shape index (κ1) is 19.9. The number of aliphatic hydroxyl groups excluding tert-OH is 1. The summed E-state index contributed by atoms with van der Waals surface area (Å²) in [6.45, 7) is 9.03. The number of rotatable bonds is 6. The number of unbranched alkanes of at least 4 members (excludes halogenated alkanes) is 3. The number of hydrogen-bond donors (Lipinski definition) is 1. The lowest BCUT2D eigenvalue weighted by molar-refractivity contribution is 0.127. The van der Waals surface area contributed by atoms with Crippen molar-refractivity contribution < 1.29 is 5.11 Å².